The summed E-state index contributed by atoms with van der Waals surface area (Å²) in [4.78, 5) is 21.5. The molecule has 1 aliphatic heterocycles. The second-order valence-electron chi connectivity index (χ2n) is 3.78. The van der Waals surface area contributed by atoms with E-state index in [1.54, 1.807) is 23.5 Å². The predicted molar refractivity (Wildman–Crippen MR) is 54.6 cm³/mol. The summed E-state index contributed by atoms with van der Waals surface area (Å²) in [5.74, 6) is 0.463. The molecule has 1 aromatic heterocycles. The third-order valence-electron chi connectivity index (χ3n) is 2.60. The van der Waals surface area contributed by atoms with Crippen LogP contribution in [0.3, 0.4) is 0 Å². The van der Waals surface area contributed by atoms with Crippen LogP contribution >= 0.6 is 0 Å². The van der Waals surface area contributed by atoms with Crippen LogP contribution in [-0.2, 0) is 11.3 Å². The second-order valence-corrected chi connectivity index (χ2v) is 3.78. The Bertz CT molecular complexity index is 341. The fourth-order valence-electron chi connectivity index (χ4n) is 1.77. The molecule has 0 spiro atoms. The molecule has 1 unspecified atom stereocenters. The molecular formula is C10H14N4O. The first-order chi connectivity index (χ1) is 7.29. The van der Waals surface area contributed by atoms with Gasteiger partial charge in [-0.15, -0.1) is 0 Å². The fraction of sp³-hybridized carbons (Fsp3) is 0.500. The van der Waals surface area contributed by atoms with Gasteiger partial charge in [-0.2, -0.15) is 0 Å². The zero-order chi connectivity index (χ0) is 10.7. The lowest BCUT2D eigenvalue weighted by Gasteiger charge is -2.15. The molecular weight excluding hydrogens is 192 g/mol. The molecule has 0 radical (unpaired) electrons. The third kappa shape index (κ3) is 2.30. The maximum Gasteiger partial charge on any atom is 0.223 e. The van der Waals surface area contributed by atoms with E-state index in [0.29, 0.717) is 25.4 Å². The van der Waals surface area contributed by atoms with Crippen molar-refractivity contribution in [3.8, 4) is 0 Å². The van der Waals surface area contributed by atoms with E-state index < -0.39 is 0 Å². The van der Waals surface area contributed by atoms with E-state index in [4.69, 9.17) is 5.73 Å². The number of likely N-dealkylation sites (tertiary alicyclic amines) is 1. The Labute approximate surface area is 88.3 Å². The SMILES string of the molecule is NCC1CC(=O)N(Cc2cnccn2)C1. The minimum Gasteiger partial charge on any atom is -0.336 e. The number of aromatic nitrogens is 2. The van der Waals surface area contributed by atoms with Crippen molar-refractivity contribution in [1.29, 1.82) is 0 Å². The first-order valence-corrected chi connectivity index (χ1v) is 5.02. The van der Waals surface area contributed by atoms with Crippen LogP contribution in [0.15, 0.2) is 18.6 Å². The molecule has 80 valence electrons. The molecule has 0 saturated carbocycles. The number of nitrogens with zero attached hydrogens (tertiary/aromatic N) is 3. The zero-order valence-electron chi connectivity index (χ0n) is 8.47. The fourth-order valence-corrected chi connectivity index (χ4v) is 1.77. The van der Waals surface area contributed by atoms with E-state index in [1.807, 2.05) is 0 Å². The number of hydrogen-bond donors (Lipinski definition) is 1. The maximum absolute atomic E-state index is 11.6. The Morgan fingerprint density at radius 1 is 1.53 bits per heavy atom. The van der Waals surface area contributed by atoms with Gasteiger partial charge >= 0.3 is 0 Å². The van der Waals surface area contributed by atoms with Crippen LogP contribution < -0.4 is 5.73 Å². The van der Waals surface area contributed by atoms with Gasteiger partial charge in [-0.05, 0) is 12.5 Å². The lowest BCUT2D eigenvalue weighted by molar-refractivity contribution is -0.128. The van der Waals surface area contributed by atoms with Gasteiger partial charge in [0, 0.05) is 25.4 Å². The number of nitrogens with two attached hydrogens (primary N) is 1. The van der Waals surface area contributed by atoms with Crippen LogP contribution in [0.4, 0.5) is 0 Å². The predicted octanol–water partition coefficient (Wildman–Crippen LogP) is -0.216. The van der Waals surface area contributed by atoms with Gasteiger partial charge in [0.2, 0.25) is 5.91 Å². The normalized spacial score (nSPS) is 21.0. The molecule has 2 heterocycles. The van der Waals surface area contributed by atoms with Crippen LogP contribution in [0, 0.1) is 5.92 Å². The molecule has 5 heteroatoms. The zero-order valence-corrected chi connectivity index (χ0v) is 8.47. The molecule has 1 aromatic rings. The molecule has 2 N–H and O–H groups in total. The summed E-state index contributed by atoms with van der Waals surface area (Å²) < 4.78 is 0. The highest BCUT2D eigenvalue weighted by Gasteiger charge is 2.28. The molecule has 5 nitrogen and oxygen atoms in total. The Morgan fingerprint density at radius 2 is 2.40 bits per heavy atom. The highest BCUT2D eigenvalue weighted by Crippen LogP contribution is 2.17. The van der Waals surface area contributed by atoms with Gasteiger partial charge in [-0.25, -0.2) is 0 Å². The van der Waals surface area contributed by atoms with Crippen molar-refractivity contribution in [2.24, 2.45) is 11.7 Å². The molecule has 2 rings (SSSR count). The van der Waals surface area contributed by atoms with Crippen molar-refractivity contribution in [1.82, 2.24) is 14.9 Å². The quantitative estimate of drug-likeness (QED) is 0.742. The van der Waals surface area contributed by atoms with Gasteiger partial charge in [0.05, 0.1) is 18.4 Å². The lowest BCUT2D eigenvalue weighted by Crippen LogP contribution is -2.26. The van der Waals surface area contributed by atoms with Gasteiger partial charge in [-0.1, -0.05) is 0 Å². The van der Waals surface area contributed by atoms with Crippen LogP contribution in [0.25, 0.3) is 0 Å². The van der Waals surface area contributed by atoms with E-state index in [2.05, 4.69) is 9.97 Å². The van der Waals surface area contributed by atoms with E-state index in [-0.39, 0.29) is 5.91 Å². The standard InChI is InChI=1S/C10H14N4O/c11-4-8-3-10(15)14(6-8)7-9-5-12-1-2-13-9/h1-2,5,8H,3-4,6-7,11H2. The van der Waals surface area contributed by atoms with Crippen LogP contribution in [-0.4, -0.2) is 33.9 Å². The van der Waals surface area contributed by atoms with Crippen LogP contribution in [0.2, 0.25) is 0 Å². The number of carbonyl (C=O) groups excluding carboxylic acids is 1. The van der Waals surface area contributed by atoms with Crippen LogP contribution in [0.1, 0.15) is 12.1 Å². The topological polar surface area (TPSA) is 72.1 Å². The summed E-state index contributed by atoms with van der Waals surface area (Å²) in [6, 6.07) is 0. The average Bonchev–Trinajstić information content (AvgIpc) is 2.61. The Balaban J connectivity index is 1.99. The lowest BCUT2D eigenvalue weighted by atomic mass is 10.1. The first kappa shape index (κ1) is 10.0. The number of hydrogen-bond acceptors (Lipinski definition) is 4. The van der Waals surface area contributed by atoms with Crippen molar-refractivity contribution < 1.29 is 4.79 Å². The van der Waals surface area contributed by atoms with Crippen LogP contribution in [0.5, 0.6) is 0 Å². The van der Waals surface area contributed by atoms with Crippen molar-refractivity contribution in [2.75, 3.05) is 13.1 Å². The molecule has 0 aromatic carbocycles. The number of carbonyl (C=O) groups is 1. The van der Waals surface area contributed by atoms with E-state index >= 15 is 0 Å². The summed E-state index contributed by atoms with van der Waals surface area (Å²) >= 11 is 0. The first-order valence-electron chi connectivity index (χ1n) is 5.02. The van der Waals surface area contributed by atoms with E-state index in [1.165, 1.54) is 0 Å². The molecule has 1 saturated heterocycles. The van der Waals surface area contributed by atoms with E-state index in [0.717, 1.165) is 12.2 Å². The van der Waals surface area contributed by atoms with Crippen molar-refractivity contribution >= 4 is 5.91 Å². The van der Waals surface area contributed by atoms with Crippen molar-refractivity contribution in [3.05, 3.63) is 24.3 Å². The summed E-state index contributed by atoms with van der Waals surface area (Å²) in [7, 11) is 0. The van der Waals surface area contributed by atoms with E-state index in [9.17, 15) is 4.79 Å². The molecule has 1 amide bonds. The number of amides is 1. The number of rotatable bonds is 3. The van der Waals surface area contributed by atoms with Gasteiger partial charge in [-0.3, -0.25) is 14.8 Å². The van der Waals surface area contributed by atoms with Gasteiger partial charge in [0.25, 0.3) is 0 Å². The van der Waals surface area contributed by atoms with Crippen molar-refractivity contribution in [3.63, 3.8) is 0 Å². The molecule has 1 atom stereocenters. The Hall–Kier alpha value is -1.49. The second kappa shape index (κ2) is 4.35. The largest absolute Gasteiger partial charge is 0.336 e. The van der Waals surface area contributed by atoms with Gasteiger partial charge < -0.3 is 10.6 Å². The monoisotopic (exact) mass is 206 g/mol. The summed E-state index contributed by atoms with van der Waals surface area (Å²) in [6.07, 6.45) is 5.51. The Morgan fingerprint density at radius 3 is 3.00 bits per heavy atom. The minimum atomic E-state index is 0.163. The van der Waals surface area contributed by atoms with Gasteiger partial charge in [0.1, 0.15) is 0 Å². The molecule has 0 aliphatic carbocycles. The summed E-state index contributed by atoms with van der Waals surface area (Å²) in [5.41, 5.74) is 6.37. The van der Waals surface area contributed by atoms with Gasteiger partial charge in [0.15, 0.2) is 0 Å². The Kier molecular flexibility index (Phi) is 2.91. The molecule has 0 bridgehead atoms. The summed E-state index contributed by atoms with van der Waals surface area (Å²) in [6.45, 7) is 1.86. The third-order valence-corrected chi connectivity index (χ3v) is 2.60. The smallest absolute Gasteiger partial charge is 0.223 e. The maximum atomic E-state index is 11.6. The molecule has 15 heavy (non-hydrogen) atoms. The average molecular weight is 206 g/mol. The molecule has 1 aliphatic rings. The highest BCUT2D eigenvalue weighted by molar-refractivity contribution is 5.78. The minimum absolute atomic E-state index is 0.163. The summed E-state index contributed by atoms with van der Waals surface area (Å²) in [5, 5.41) is 0. The molecule has 1 fully saturated rings. The highest BCUT2D eigenvalue weighted by atomic mass is 16.2. The van der Waals surface area contributed by atoms with Crippen molar-refractivity contribution in [2.45, 2.75) is 13.0 Å².